The summed E-state index contributed by atoms with van der Waals surface area (Å²) in [5.41, 5.74) is 2.24. The van der Waals surface area contributed by atoms with Crippen LogP contribution in [0.3, 0.4) is 0 Å². The average molecular weight is 796 g/mol. The van der Waals surface area contributed by atoms with E-state index in [4.69, 9.17) is 0 Å². The van der Waals surface area contributed by atoms with Crippen molar-refractivity contribution in [3.63, 3.8) is 0 Å². The molecule has 0 aromatic carbocycles. The van der Waals surface area contributed by atoms with Crippen molar-refractivity contribution in [3.8, 4) is 23.3 Å². The molecule has 0 atom stereocenters. The van der Waals surface area contributed by atoms with E-state index >= 15 is 0 Å². The number of halogens is 12. The van der Waals surface area contributed by atoms with E-state index in [1.165, 1.54) is 0 Å². The number of hydrogen-bond acceptors (Lipinski definition) is 6. The topological polar surface area (TPSA) is 97.1 Å². The second-order valence-corrected chi connectivity index (χ2v) is 13.3. The summed E-state index contributed by atoms with van der Waals surface area (Å²) in [5.74, 6) is 3.17. The quantitative estimate of drug-likeness (QED) is 0.100. The molecule has 10 nitrogen and oxygen atoms in total. The predicted molar refractivity (Wildman–Crippen MR) is 154 cm³/mol. The Balaban J connectivity index is 0.000000246. The molecule has 25 heteroatoms. The molecule has 0 fully saturated rings. The van der Waals surface area contributed by atoms with E-state index in [0.717, 1.165) is 34.4 Å². The van der Waals surface area contributed by atoms with Crippen LogP contribution < -0.4 is 0 Å². The van der Waals surface area contributed by atoms with E-state index in [-0.39, 0.29) is 17.1 Å². The maximum Gasteiger partial charge on any atom is 2.00 e. The summed E-state index contributed by atoms with van der Waals surface area (Å²) < 4.78 is 125. The Morgan fingerprint density at radius 2 is 0.592 bits per heavy atom. The van der Waals surface area contributed by atoms with Gasteiger partial charge >= 0.3 is 83.0 Å². The van der Waals surface area contributed by atoms with Gasteiger partial charge < -0.3 is 0 Å². The fraction of sp³-hybridized carbons (Fsp3) is 0.0833. The van der Waals surface area contributed by atoms with Crippen molar-refractivity contribution in [2.75, 3.05) is 0 Å². The van der Waals surface area contributed by atoms with E-state index in [9.17, 15) is 50.4 Å². The van der Waals surface area contributed by atoms with Crippen molar-refractivity contribution in [2.24, 2.45) is 0 Å². The van der Waals surface area contributed by atoms with Gasteiger partial charge in [-0.3, -0.25) is 0 Å². The fourth-order valence-corrected chi connectivity index (χ4v) is 3.35. The largest absolute Gasteiger partial charge is 2.00 e. The van der Waals surface area contributed by atoms with Crippen LogP contribution in [0, 0.1) is 13.8 Å². The van der Waals surface area contributed by atoms with E-state index in [0.29, 0.717) is 0 Å². The minimum Gasteiger partial charge on any atom is 2.00 e. The number of hydrogen-bond donors (Lipinski definition) is 0. The van der Waals surface area contributed by atoms with Crippen LogP contribution in [0.2, 0.25) is 0 Å². The molecular formula is C24H22F12FeN10P2. The Morgan fingerprint density at radius 3 is 0.735 bits per heavy atom. The Kier molecular flexibility index (Phi) is 11.0. The molecule has 0 aliphatic carbocycles. The van der Waals surface area contributed by atoms with Gasteiger partial charge in [-0.05, 0) is 73.5 Å². The van der Waals surface area contributed by atoms with E-state index < -0.39 is 15.6 Å². The molecule has 0 aliphatic heterocycles. The zero-order valence-electron chi connectivity index (χ0n) is 24.5. The summed E-state index contributed by atoms with van der Waals surface area (Å²) in [5, 5.41) is 16.7. The third-order valence-electron chi connectivity index (χ3n) is 4.84. The molecule has 6 rings (SSSR count). The van der Waals surface area contributed by atoms with E-state index in [2.05, 4.69) is 30.4 Å². The number of aryl methyl sites for hydroxylation is 2. The molecule has 270 valence electrons. The van der Waals surface area contributed by atoms with Crippen molar-refractivity contribution in [2.45, 2.75) is 13.8 Å². The SMILES string of the molecule is Cc1cc(-n2cccn2)nc(-n2cccn2)c1.Cc1cc(-n2cccn2)nc(-n2cccn2)c1.F[P-](F)(F)(F)(F)F.F[P-](F)(F)(F)(F)F.[Fe+2]. The number of nitrogens with zero attached hydrogens (tertiary/aromatic N) is 10. The summed E-state index contributed by atoms with van der Waals surface area (Å²) in [6, 6.07) is 15.4. The third-order valence-corrected chi connectivity index (χ3v) is 4.84. The maximum absolute atomic E-state index is 10.7. The van der Waals surface area contributed by atoms with E-state index in [1.54, 1.807) is 43.5 Å². The molecular weight excluding hydrogens is 774 g/mol. The summed E-state index contributed by atoms with van der Waals surface area (Å²) in [4.78, 5) is 9.04. The third kappa shape index (κ3) is 18.7. The maximum atomic E-state index is 9.87. The average Bonchev–Trinajstić information content (AvgIpc) is 3.74. The van der Waals surface area contributed by atoms with Crippen LogP contribution in [0.15, 0.2) is 98.1 Å². The number of aromatic nitrogens is 10. The first-order valence-corrected chi connectivity index (χ1v) is 16.7. The molecule has 6 aromatic heterocycles. The zero-order valence-corrected chi connectivity index (χ0v) is 27.4. The van der Waals surface area contributed by atoms with E-state index in [1.807, 2.05) is 87.2 Å². The molecule has 6 heterocycles. The first-order chi connectivity index (χ1) is 21.6. The van der Waals surface area contributed by atoms with Crippen LogP contribution in [0.4, 0.5) is 50.4 Å². The van der Waals surface area contributed by atoms with Gasteiger partial charge in [-0.25, -0.2) is 28.7 Å². The molecule has 0 aliphatic rings. The van der Waals surface area contributed by atoms with Gasteiger partial charge in [0.05, 0.1) is 0 Å². The molecule has 0 amide bonds. The predicted octanol–water partition coefficient (Wildman–Crippen LogP) is 10.3. The van der Waals surface area contributed by atoms with Gasteiger partial charge in [0, 0.05) is 49.6 Å². The molecule has 0 saturated carbocycles. The standard InChI is InChI=1S/2C12H11N5.2F6P.Fe/c2*1-10-8-11(16-6-2-4-13-16)15-12(9-10)17-7-3-5-14-17;2*1-7(2,3,4,5)6;/h2*2-9H,1H3;;;/q;;2*-1;+2. The van der Waals surface area contributed by atoms with Crippen LogP contribution in [0.1, 0.15) is 11.1 Å². The van der Waals surface area contributed by atoms with Crippen molar-refractivity contribution >= 4 is 15.6 Å². The van der Waals surface area contributed by atoms with Crippen molar-refractivity contribution in [3.05, 3.63) is 109 Å². The first-order valence-electron chi connectivity index (χ1n) is 12.7. The minimum atomic E-state index is -10.7. The van der Waals surface area contributed by atoms with Gasteiger partial charge in [-0.15, -0.1) is 0 Å². The summed E-state index contributed by atoms with van der Waals surface area (Å²) in [6.07, 6.45) is 14.4. The molecule has 0 bridgehead atoms. The second-order valence-electron chi connectivity index (χ2n) is 9.44. The van der Waals surface area contributed by atoms with Crippen LogP contribution >= 0.6 is 15.6 Å². The monoisotopic (exact) mass is 796 g/mol. The minimum absolute atomic E-state index is 0. The Labute approximate surface area is 278 Å². The zero-order chi connectivity index (χ0) is 36.1. The molecule has 0 spiro atoms. The molecule has 6 aromatic rings. The normalized spacial score (nSPS) is 14.0. The Hall–Kier alpha value is -4.32. The summed E-state index contributed by atoms with van der Waals surface area (Å²) in [7, 11) is -21.3. The van der Waals surface area contributed by atoms with Crippen LogP contribution in [-0.4, -0.2) is 49.1 Å². The Morgan fingerprint density at radius 1 is 0.408 bits per heavy atom. The van der Waals surface area contributed by atoms with Crippen molar-refractivity contribution < 1.29 is 67.4 Å². The number of rotatable bonds is 4. The van der Waals surface area contributed by atoms with Crippen molar-refractivity contribution in [1.82, 2.24) is 49.1 Å². The van der Waals surface area contributed by atoms with Crippen LogP contribution in [-0.2, 0) is 17.1 Å². The van der Waals surface area contributed by atoms with Crippen molar-refractivity contribution in [1.29, 1.82) is 0 Å². The van der Waals surface area contributed by atoms with Gasteiger partial charge in [0.25, 0.3) is 0 Å². The summed E-state index contributed by atoms with van der Waals surface area (Å²) >= 11 is 0. The molecule has 49 heavy (non-hydrogen) atoms. The second kappa shape index (κ2) is 13.2. The smallest absolute Gasteiger partial charge is 2.00 e. The Bertz CT molecular complexity index is 1650. The molecule has 0 saturated heterocycles. The van der Waals surface area contributed by atoms with Gasteiger partial charge in [0.1, 0.15) is 0 Å². The fourth-order valence-electron chi connectivity index (χ4n) is 3.35. The van der Waals surface area contributed by atoms with Gasteiger partial charge in [-0.2, -0.15) is 20.4 Å². The molecule has 0 N–H and O–H groups in total. The first kappa shape index (κ1) is 40.9. The van der Waals surface area contributed by atoms with Crippen LogP contribution in [0.25, 0.3) is 23.3 Å². The van der Waals surface area contributed by atoms with Gasteiger partial charge in [0.2, 0.25) is 0 Å². The van der Waals surface area contributed by atoms with Gasteiger partial charge in [-0.1, -0.05) is 0 Å². The summed E-state index contributed by atoms with van der Waals surface area (Å²) in [6.45, 7) is 4.06. The number of pyridine rings is 2. The molecule has 0 unspecified atom stereocenters. The van der Waals surface area contributed by atoms with Gasteiger partial charge in [0.15, 0.2) is 23.3 Å². The van der Waals surface area contributed by atoms with Crippen LogP contribution in [0.5, 0.6) is 0 Å². The molecule has 0 radical (unpaired) electrons.